The number of hydrogen-bond acceptors (Lipinski definition) is 7. The van der Waals surface area contributed by atoms with Gasteiger partial charge in [-0.05, 0) is 72.0 Å². The number of halogens is 1. The van der Waals surface area contributed by atoms with E-state index in [4.69, 9.17) is 31.2 Å². The summed E-state index contributed by atoms with van der Waals surface area (Å²) in [5.41, 5.74) is 2.02. The molecule has 4 rings (SSSR count). The van der Waals surface area contributed by atoms with Crippen LogP contribution in [0.25, 0.3) is 6.08 Å². The van der Waals surface area contributed by atoms with Crippen molar-refractivity contribution in [1.82, 2.24) is 5.01 Å². The van der Waals surface area contributed by atoms with Crippen LogP contribution < -0.4 is 14.2 Å². The monoisotopic (exact) mass is 554 g/mol. The summed E-state index contributed by atoms with van der Waals surface area (Å²) >= 11 is 7.87. The van der Waals surface area contributed by atoms with Crippen LogP contribution in [0.15, 0.2) is 52.1 Å². The molecule has 0 saturated carbocycles. The predicted molar refractivity (Wildman–Crippen MR) is 154 cm³/mol. The maximum absolute atomic E-state index is 12.7. The van der Waals surface area contributed by atoms with Gasteiger partial charge in [0.05, 0.1) is 17.2 Å². The molecular weight excluding hydrogens is 524 g/mol. The molecule has 8 nitrogen and oxygen atoms in total. The fraction of sp³-hybridized carbons (Fsp3) is 0.357. The van der Waals surface area contributed by atoms with Gasteiger partial charge in [-0.2, -0.15) is 15.1 Å². The lowest BCUT2D eigenvalue weighted by Crippen LogP contribution is -2.35. The molecule has 2 heterocycles. The quantitative estimate of drug-likeness (QED) is 0.280. The molecule has 0 fully saturated rings. The molecule has 0 bridgehead atoms. The van der Waals surface area contributed by atoms with Crippen LogP contribution in [0.4, 0.5) is 0 Å². The van der Waals surface area contributed by atoms with E-state index < -0.39 is 5.91 Å². The Balaban J connectivity index is 1.46. The highest BCUT2D eigenvalue weighted by molar-refractivity contribution is 8.26. The summed E-state index contributed by atoms with van der Waals surface area (Å²) in [5, 5.41) is 15.8. The molecule has 200 valence electrons. The van der Waals surface area contributed by atoms with Crippen molar-refractivity contribution in [2.45, 2.75) is 46.5 Å². The zero-order valence-electron chi connectivity index (χ0n) is 22.1. The molecule has 2 aliphatic heterocycles. The Hall–Kier alpha value is -3.30. The van der Waals surface area contributed by atoms with Gasteiger partial charge in [0.25, 0.3) is 5.91 Å². The highest BCUT2D eigenvalue weighted by Gasteiger charge is 2.35. The standard InChI is InChI=1S/C28H31ClN4O4S/c1-6-23-32-33-25(30)20(26(34)31-27(33)38-23)14-17-15-21(29)24(22(16-17)35-7-2)37-13-12-36-19-10-8-18(9-11-19)28(3,4)5/h8-11,14-16,30H,6-7,12-13H2,1-5H3/b20-14+,30-25?. The Kier molecular flexibility index (Phi) is 8.47. The van der Waals surface area contributed by atoms with Crippen LogP contribution in [0.1, 0.15) is 52.2 Å². The molecule has 1 amide bonds. The lowest BCUT2D eigenvalue weighted by molar-refractivity contribution is -0.114. The summed E-state index contributed by atoms with van der Waals surface area (Å²) in [6.07, 6.45) is 2.27. The molecule has 2 aromatic rings. The highest BCUT2D eigenvalue weighted by Crippen LogP contribution is 2.38. The van der Waals surface area contributed by atoms with E-state index in [9.17, 15) is 4.79 Å². The number of benzene rings is 2. The fourth-order valence-electron chi connectivity index (χ4n) is 3.77. The van der Waals surface area contributed by atoms with E-state index in [0.29, 0.717) is 46.9 Å². The molecule has 0 aliphatic carbocycles. The molecule has 0 atom stereocenters. The smallest absolute Gasteiger partial charge is 0.283 e. The summed E-state index contributed by atoms with van der Waals surface area (Å²) in [6, 6.07) is 11.4. The number of fused-ring (bicyclic) bond motifs is 1. The molecule has 2 aliphatic rings. The van der Waals surface area contributed by atoms with Crippen LogP contribution in [0.2, 0.25) is 5.02 Å². The van der Waals surface area contributed by atoms with Crippen LogP contribution in [-0.4, -0.2) is 46.8 Å². The maximum atomic E-state index is 12.7. The summed E-state index contributed by atoms with van der Waals surface area (Å²) in [5.74, 6) is 1.06. The molecule has 0 aromatic heterocycles. The second-order valence-electron chi connectivity index (χ2n) is 9.60. The number of amidine groups is 2. The molecule has 0 unspecified atom stereocenters. The van der Waals surface area contributed by atoms with E-state index >= 15 is 0 Å². The van der Waals surface area contributed by atoms with E-state index in [1.807, 2.05) is 26.0 Å². The fourth-order valence-corrected chi connectivity index (χ4v) is 4.87. The first-order chi connectivity index (χ1) is 18.1. The normalized spacial score (nSPS) is 16.4. The third kappa shape index (κ3) is 6.22. The zero-order chi connectivity index (χ0) is 27.4. The number of nitrogens with zero attached hydrogens (tertiary/aromatic N) is 3. The minimum absolute atomic E-state index is 0.0296. The first-order valence-electron chi connectivity index (χ1n) is 12.4. The second-order valence-corrected chi connectivity index (χ2v) is 11.0. The first-order valence-corrected chi connectivity index (χ1v) is 13.6. The number of carbonyl (C=O) groups is 1. The van der Waals surface area contributed by atoms with Gasteiger partial charge in [0, 0.05) is 0 Å². The molecule has 10 heteroatoms. The van der Waals surface area contributed by atoms with Crippen molar-refractivity contribution in [2.24, 2.45) is 10.1 Å². The number of thioether (sulfide) groups is 1. The highest BCUT2D eigenvalue weighted by atomic mass is 35.5. The number of carbonyl (C=O) groups excluding carboxylic acids is 1. The summed E-state index contributed by atoms with van der Waals surface area (Å²) in [4.78, 5) is 16.8. The van der Waals surface area contributed by atoms with Gasteiger partial charge in [-0.15, -0.1) is 0 Å². The number of hydrazone groups is 1. The van der Waals surface area contributed by atoms with Gasteiger partial charge in [-0.3, -0.25) is 10.2 Å². The second kappa shape index (κ2) is 11.6. The average Bonchev–Trinajstić information content (AvgIpc) is 3.29. The van der Waals surface area contributed by atoms with Gasteiger partial charge in [0.2, 0.25) is 5.17 Å². The van der Waals surface area contributed by atoms with Crippen LogP contribution >= 0.6 is 23.4 Å². The molecule has 0 radical (unpaired) electrons. The van der Waals surface area contributed by atoms with Crippen LogP contribution in [-0.2, 0) is 10.2 Å². The minimum atomic E-state index is -0.497. The SMILES string of the molecule is CCOc1cc(/C=C2\C(=N)N3N=C(CC)SC3=NC2=O)cc(Cl)c1OCCOc1ccc(C(C)(C)C)cc1. The summed E-state index contributed by atoms with van der Waals surface area (Å²) < 4.78 is 17.5. The largest absolute Gasteiger partial charge is 0.490 e. The van der Waals surface area contributed by atoms with Gasteiger partial charge >= 0.3 is 0 Å². The Morgan fingerprint density at radius 3 is 2.45 bits per heavy atom. The van der Waals surface area contributed by atoms with Crippen molar-refractivity contribution in [3.05, 3.63) is 58.1 Å². The van der Waals surface area contributed by atoms with Crippen molar-refractivity contribution in [2.75, 3.05) is 19.8 Å². The lowest BCUT2D eigenvalue weighted by atomic mass is 9.87. The van der Waals surface area contributed by atoms with Crippen LogP contribution in [0, 0.1) is 5.41 Å². The van der Waals surface area contributed by atoms with Crippen molar-refractivity contribution >= 4 is 51.4 Å². The number of nitrogens with one attached hydrogen (secondary N) is 1. The molecular formula is C28H31ClN4O4S. The lowest BCUT2D eigenvalue weighted by Gasteiger charge is -2.20. The Labute approximate surface area is 232 Å². The average molecular weight is 555 g/mol. The number of hydrogen-bond donors (Lipinski definition) is 1. The van der Waals surface area contributed by atoms with Crippen molar-refractivity contribution in [3.8, 4) is 17.2 Å². The Morgan fingerprint density at radius 1 is 1.08 bits per heavy atom. The first kappa shape index (κ1) is 27.7. The van der Waals surface area contributed by atoms with Crippen LogP contribution in [0.3, 0.4) is 0 Å². The Bertz CT molecular complexity index is 1330. The van der Waals surface area contributed by atoms with Gasteiger partial charge in [0.1, 0.15) is 24.0 Å². The minimum Gasteiger partial charge on any atom is -0.490 e. The third-order valence-electron chi connectivity index (χ3n) is 5.76. The van der Waals surface area contributed by atoms with Gasteiger partial charge in [-0.1, -0.05) is 51.4 Å². The molecule has 2 aromatic carbocycles. The number of ether oxygens (including phenoxy) is 3. The Morgan fingerprint density at radius 2 is 1.79 bits per heavy atom. The zero-order valence-corrected chi connectivity index (χ0v) is 23.7. The topological polar surface area (TPSA) is 96.6 Å². The summed E-state index contributed by atoms with van der Waals surface area (Å²) in [7, 11) is 0. The van der Waals surface area contributed by atoms with Gasteiger partial charge in [-0.25, -0.2) is 0 Å². The number of aliphatic imine (C=N–C) groups is 1. The number of amides is 1. The molecule has 1 N–H and O–H groups in total. The predicted octanol–water partition coefficient (Wildman–Crippen LogP) is 6.52. The van der Waals surface area contributed by atoms with Crippen molar-refractivity contribution in [1.29, 1.82) is 5.41 Å². The molecule has 38 heavy (non-hydrogen) atoms. The van der Waals surface area contributed by atoms with Crippen molar-refractivity contribution in [3.63, 3.8) is 0 Å². The molecule has 0 spiro atoms. The van der Waals surface area contributed by atoms with Gasteiger partial charge < -0.3 is 14.2 Å². The summed E-state index contributed by atoms with van der Waals surface area (Å²) in [6.45, 7) is 11.3. The van der Waals surface area contributed by atoms with E-state index in [1.165, 1.54) is 22.3 Å². The molecule has 0 saturated heterocycles. The number of rotatable bonds is 9. The third-order valence-corrected chi connectivity index (χ3v) is 7.09. The van der Waals surface area contributed by atoms with Gasteiger partial charge in [0.15, 0.2) is 17.3 Å². The maximum Gasteiger partial charge on any atom is 0.283 e. The van der Waals surface area contributed by atoms with Crippen LogP contribution in [0.5, 0.6) is 17.2 Å². The van der Waals surface area contributed by atoms with E-state index in [-0.39, 0.29) is 23.4 Å². The van der Waals surface area contributed by atoms with E-state index in [0.717, 1.165) is 10.8 Å². The van der Waals surface area contributed by atoms with E-state index in [1.54, 1.807) is 18.2 Å². The van der Waals surface area contributed by atoms with Crippen molar-refractivity contribution < 1.29 is 19.0 Å². The van der Waals surface area contributed by atoms with E-state index in [2.05, 4.69) is 43.0 Å².